The van der Waals surface area contributed by atoms with Gasteiger partial charge in [0.05, 0.1) is 10.6 Å². The van der Waals surface area contributed by atoms with E-state index in [4.69, 9.17) is 11.0 Å². The van der Waals surface area contributed by atoms with E-state index in [-0.39, 0.29) is 0 Å². The van der Waals surface area contributed by atoms with Gasteiger partial charge in [-0.15, -0.1) is 11.3 Å². The van der Waals surface area contributed by atoms with Gasteiger partial charge in [0, 0.05) is 35.9 Å². The molecule has 0 aliphatic rings. The lowest BCUT2D eigenvalue weighted by molar-refractivity contribution is 0.998. The summed E-state index contributed by atoms with van der Waals surface area (Å²) in [5.41, 5.74) is 7.57. The number of hydrogen-bond acceptors (Lipinski definition) is 5. The molecule has 2 rings (SSSR count). The van der Waals surface area contributed by atoms with Gasteiger partial charge in [-0.2, -0.15) is 5.26 Å². The molecule has 1 aromatic heterocycles. The normalized spacial score (nSPS) is 9.82. The zero-order chi connectivity index (χ0) is 12.1. The summed E-state index contributed by atoms with van der Waals surface area (Å²) in [5, 5.41) is 15.2. The number of aromatic nitrogens is 1. The molecule has 0 atom stereocenters. The number of rotatable bonds is 4. The molecule has 0 unspecified atom stereocenters. The van der Waals surface area contributed by atoms with Gasteiger partial charge in [0.2, 0.25) is 0 Å². The van der Waals surface area contributed by atoms with Gasteiger partial charge < -0.3 is 11.1 Å². The molecule has 0 spiro atoms. The second kappa shape index (κ2) is 5.32. The van der Waals surface area contributed by atoms with Crippen LogP contribution >= 0.6 is 11.3 Å². The standard InChI is InChI=1S/C12H12N4S/c13-8-9-7-10(1-2-11(9)14)15-4-3-12-16-5-6-17-12/h1-2,5-7,15H,3-4,14H2. The lowest BCUT2D eigenvalue weighted by Gasteiger charge is -2.06. The molecular formula is C12H12N4S. The summed E-state index contributed by atoms with van der Waals surface area (Å²) in [6.07, 6.45) is 2.68. The maximum Gasteiger partial charge on any atom is 0.101 e. The van der Waals surface area contributed by atoms with E-state index in [2.05, 4.69) is 16.4 Å². The minimum atomic E-state index is 0.504. The lowest BCUT2D eigenvalue weighted by Crippen LogP contribution is -2.05. The number of nitrogens with one attached hydrogen (secondary N) is 1. The fraction of sp³-hybridized carbons (Fsp3) is 0.167. The molecule has 4 nitrogen and oxygen atoms in total. The van der Waals surface area contributed by atoms with Crippen molar-refractivity contribution < 1.29 is 0 Å². The molecule has 3 N–H and O–H groups in total. The highest BCUT2D eigenvalue weighted by atomic mass is 32.1. The van der Waals surface area contributed by atoms with Crippen molar-refractivity contribution in [1.82, 2.24) is 4.98 Å². The highest BCUT2D eigenvalue weighted by Crippen LogP contribution is 2.16. The zero-order valence-corrected chi connectivity index (χ0v) is 10.00. The summed E-state index contributed by atoms with van der Waals surface area (Å²) in [5.74, 6) is 0. The molecule has 0 amide bonds. The Balaban J connectivity index is 1.93. The van der Waals surface area contributed by atoms with E-state index < -0.39 is 0 Å². The maximum absolute atomic E-state index is 8.85. The first-order valence-electron chi connectivity index (χ1n) is 5.21. The molecule has 0 saturated heterocycles. The van der Waals surface area contributed by atoms with Crippen LogP contribution in [0.4, 0.5) is 11.4 Å². The third-order valence-electron chi connectivity index (χ3n) is 2.33. The van der Waals surface area contributed by atoms with Crippen LogP contribution in [0.1, 0.15) is 10.6 Å². The Hall–Kier alpha value is -2.06. The Bertz CT molecular complexity index is 528. The number of nitrogens with zero attached hydrogens (tertiary/aromatic N) is 2. The van der Waals surface area contributed by atoms with Gasteiger partial charge in [0.15, 0.2) is 0 Å². The first-order chi connectivity index (χ1) is 8.29. The van der Waals surface area contributed by atoms with Crippen LogP contribution in [0.2, 0.25) is 0 Å². The Kier molecular flexibility index (Phi) is 3.58. The largest absolute Gasteiger partial charge is 0.398 e. The van der Waals surface area contributed by atoms with Gasteiger partial charge in [-0.25, -0.2) is 4.98 Å². The number of benzene rings is 1. The van der Waals surface area contributed by atoms with Crippen molar-refractivity contribution in [3.8, 4) is 6.07 Å². The van der Waals surface area contributed by atoms with Crippen molar-refractivity contribution in [2.24, 2.45) is 0 Å². The average molecular weight is 244 g/mol. The van der Waals surface area contributed by atoms with E-state index in [9.17, 15) is 0 Å². The molecule has 2 aromatic rings. The van der Waals surface area contributed by atoms with E-state index in [0.29, 0.717) is 11.3 Å². The predicted molar refractivity (Wildman–Crippen MR) is 69.9 cm³/mol. The van der Waals surface area contributed by atoms with Crippen LogP contribution in [-0.2, 0) is 6.42 Å². The second-order valence-corrected chi connectivity index (χ2v) is 4.50. The van der Waals surface area contributed by atoms with Crippen molar-refractivity contribution in [2.45, 2.75) is 6.42 Å². The summed E-state index contributed by atoms with van der Waals surface area (Å²) >= 11 is 1.64. The second-order valence-electron chi connectivity index (χ2n) is 3.52. The minimum Gasteiger partial charge on any atom is -0.398 e. The fourth-order valence-electron chi connectivity index (χ4n) is 1.45. The topological polar surface area (TPSA) is 74.7 Å². The van der Waals surface area contributed by atoms with Gasteiger partial charge in [-0.3, -0.25) is 0 Å². The number of nitrogens with two attached hydrogens (primary N) is 1. The van der Waals surface area contributed by atoms with Crippen LogP contribution in [0.3, 0.4) is 0 Å². The monoisotopic (exact) mass is 244 g/mol. The van der Waals surface area contributed by atoms with E-state index in [1.165, 1.54) is 0 Å². The predicted octanol–water partition coefficient (Wildman–Crippen LogP) is 2.25. The van der Waals surface area contributed by atoms with Crippen LogP contribution < -0.4 is 11.1 Å². The third kappa shape index (κ3) is 2.95. The zero-order valence-electron chi connectivity index (χ0n) is 9.18. The Morgan fingerprint density at radius 2 is 2.35 bits per heavy atom. The maximum atomic E-state index is 8.85. The average Bonchev–Trinajstić information content (AvgIpc) is 2.84. The summed E-state index contributed by atoms with van der Waals surface area (Å²) in [7, 11) is 0. The van der Waals surface area contributed by atoms with Gasteiger partial charge >= 0.3 is 0 Å². The molecule has 1 heterocycles. The first kappa shape index (κ1) is 11.4. The SMILES string of the molecule is N#Cc1cc(NCCc2nccs2)ccc1N. The Morgan fingerprint density at radius 1 is 1.47 bits per heavy atom. The van der Waals surface area contributed by atoms with Crippen LogP contribution in [0.5, 0.6) is 0 Å². The van der Waals surface area contributed by atoms with Gasteiger partial charge in [0.1, 0.15) is 6.07 Å². The molecule has 0 radical (unpaired) electrons. The smallest absolute Gasteiger partial charge is 0.101 e. The number of anilines is 2. The fourth-order valence-corrected chi connectivity index (χ4v) is 2.07. The van der Waals surface area contributed by atoms with Crippen molar-refractivity contribution in [1.29, 1.82) is 5.26 Å². The van der Waals surface area contributed by atoms with Crippen molar-refractivity contribution in [2.75, 3.05) is 17.6 Å². The molecule has 0 aliphatic carbocycles. The summed E-state index contributed by atoms with van der Waals surface area (Å²) in [4.78, 5) is 4.20. The quantitative estimate of drug-likeness (QED) is 0.809. The molecule has 0 bridgehead atoms. The summed E-state index contributed by atoms with van der Waals surface area (Å²) < 4.78 is 0. The Labute approximate surface area is 104 Å². The van der Waals surface area contributed by atoms with E-state index in [1.807, 2.05) is 11.4 Å². The Morgan fingerprint density at radius 3 is 3.06 bits per heavy atom. The van der Waals surface area contributed by atoms with Crippen LogP contribution in [-0.4, -0.2) is 11.5 Å². The molecule has 0 aliphatic heterocycles. The highest BCUT2D eigenvalue weighted by Gasteiger charge is 2.00. The van der Waals surface area contributed by atoms with Gasteiger partial charge in [-0.05, 0) is 18.2 Å². The molecule has 86 valence electrons. The van der Waals surface area contributed by atoms with E-state index in [0.717, 1.165) is 23.7 Å². The molecular weight excluding hydrogens is 232 g/mol. The van der Waals surface area contributed by atoms with E-state index >= 15 is 0 Å². The highest BCUT2D eigenvalue weighted by molar-refractivity contribution is 7.09. The number of nitrogen functional groups attached to an aromatic ring is 1. The number of thiazole rings is 1. The molecule has 5 heteroatoms. The van der Waals surface area contributed by atoms with Crippen LogP contribution in [0, 0.1) is 11.3 Å². The number of nitriles is 1. The summed E-state index contributed by atoms with van der Waals surface area (Å²) in [6, 6.07) is 7.44. The minimum absolute atomic E-state index is 0.504. The van der Waals surface area contributed by atoms with Crippen LogP contribution in [0.15, 0.2) is 29.8 Å². The first-order valence-corrected chi connectivity index (χ1v) is 6.09. The number of hydrogen-bond donors (Lipinski definition) is 2. The van der Waals surface area contributed by atoms with Gasteiger partial charge in [-0.1, -0.05) is 0 Å². The lowest BCUT2D eigenvalue weighted by atomic mass is 10.2. The molecule has 1 aromatic carbocycles. The molecule has 0 saturated carbocycles. The van der Waals surface area contributed by atoms with E-state index in [1.54, 1.807) is 29.7 Å². The van der Waals surface area contributed by atoms with Crippen LogP contribution in [0.25, 0.3) is 0 Å². The van der Waals surface area contributed by atoms with Gasteiger partial charge in [0.25, 0.3) is 0 Å². The van der Waals surface area contributed by atoms with Crippen molar-refractivity contribution in [3.05, 3.63) is 40.3 Å². The summed E-state index contributed by atoms with van der Waals surface area (Å²) in [6.45, 7) is 0.794. The molecule has 0 fully saturated rings. The van der Waals surface area contributed by atoms with Crippen molar-refractivity contribution >= 4 is 22.7 Å². The van der Waals surface area contributed by atoms with Crippen molar-refractivity contribution in [3.63, 3.8) is 0 Å². The molecule has 17 heavy (non-hydrogen) atoms. The third-order valence-corrected chi connectivity index (χ3v) is 3.16.